The van der Waals surface area contributed by atoms with Crippen LogP contribution in [0.15, 0.2) is 78.9 Å². The van der Waals surface area contributed by atoms with E-state index in [0.29, 0.717) is 10.9 Å². The zero-order valence-electron chi connectivity index (χ0n) is 16.1. The molecule has 0 heterocycles. The summed E-state index contributed by atoms with van der Waals surface area (Å²) in [6.07, 6.45) is 1.04. The van der Waals surface area contributed by atoms with Crippen LogP contribution < -0.4 is 0 Å². The van der Waals surface area contributed by atoms with Gasteiger partial charge < -0.3 is 0 Å². The number of aryl methyl sites for hydroxylation is 2. The molecule has 0 saturated heterocycles. The highest BCUT2D eigenvalue weighted by Gasteiger charge is 2.05. The first kappa shape index (κ1) is 18.0. The van der Waals surface area contributed by atoms with Crippen molar-refractivity contribution >= 4 is 10.8 Å². The monoisotopic (exact) mass is 364 g/mol. The van der Waals surface area contributed by atoms with Crippen molar-refractivity contribution in [1.82, 2.24) is 0 Å². The van der Waals surface area contributed by atoms with E-state index in [0.717, 1.165) is 28.5 Å². The summed E-state index contributed by atoms with van der Waals surface area (Å²) < 4.78 is 14.7. The Balaban J connectivity index is 1.60. The van der Waals surface area contributed by atoms with Crippen LogP contribution in [0.5, 0.6) is 0 Å². The van der Waals surface area contributed by atoms with Gasteiger partial charge in [0, 0.05) is 10.9 Å². The highest BCUT2D eigenvalue weighted by molar-refractivity contribution is 5.85. The average Bonchev–Trinajstić information content (AvgIpc) is 2.74. The molecule has 0 bridgehead atoms. The maximum Gasteiger partial charge on any atom is 0.146 e. The summed E-state index contributed by atoms with van der Waals surface area (Å²) in [6, 6.07) is 26.1. The van der Waals surface area contributed by atoms with E-state index in [1.807, 2.05) is 43.3 Å². The quantitative estimate of drug-likeness (QED) is 0.339. The molecule has 0 aliphatic carbocycles. The maximum atomic E-state index is 14.7. The number of rotatable bonds is 2. The molecule has 136 valence electrons. The van der Waals surface area contributed by atoms with Crippen LogP contribution >= 0.6 is 0 Å². The molecule has 0 aliphatic heterocycles. The molecule has 0 nitrogen and oxygen atoms in total. The van der Waals surface area contributed by atoms with Crippen LogP contribution in [0.25, 0.3) is 21.9 Å². The number of halogens is 1. The third-order valence-corrected chi connectivity index (χ3v) is 5.03. The highest BCUT2D eigenvalue weighted by Crippen LogP contribution is 2.23. The summed E-state index contributed by atoms with van der Waals surface area (Å²) in [5, 5.41) is 1.52. The molecule has 0 unspecified atom stereocenters. The van der Waals surface area contributed by atoms with Gasteiger partial charge in [0.15, 0.2) is 0 Å². The molecule has 0 saturated carbocycles. The first-order valence-corrected chi connectivity index (χ1v) is 9.54. The first-order chi connectivity index (χ1) is 13.6. The lowest BCUT2D eigenvalue weighted by atomic mass is 10.0. The van der Waals surface area contributed by atoms with Crippen molar-refractivity contribution in [3.05, 3.63) is 107 Å². The van der Waals surface area contributed by atoms with Crippen LogP contribution in [0.1, 0.15) is 29.2 Å². The van der Waals surface area contributed by atoms with Crippen LogP contribution in [0, 0.1) is 24.6 Å². The van der Waals surface area contributed by atoms with Crippen molar-refractivity contribution < 1.29 is 4.39 Å². The van der Waals surface area contributed by atoms with E-state index in [-0.39, 0.29) is 5.82 Å². The summed E-state index contributed by atoms with van der Waals surface area (Å²) in [5.41, 5.74) is 6.09. The van der Waals surface area contributed by atoms with E-state index < -0.39 is 0 Å². The fourth-order valence-electron chi connectivity index (χ4n) is 3.33. The molecule has 4 aromatic rings. The Bertz CT molecular complexity index is 1190. The largest absolute Gasteiger partial charge is 0.205 e. The van der Waals surface area contributed by atoms with E-state index in [1.54, 1.807) is 6.07 Å². The third kappa shape index (κ3) is 3.68. The number of fused-ring (bicyclic) bond motifs is 1. The van der Waals surface area contributed by atoms with Crippen LogP contribution in [-0.4, -0.2) is 0 Å². The Morgan fingerprint density at radius 1 is 0.750 bits per heavy atom. The van der Waals surface area contributed by atoms with Gasteiger partial charge >= 0.3 is 0 Å². The molecule has 4 rings (SSSR count). The van der Waals surface area contributed by atoms with Crippen LogP contribution in [0.2, 0.25) is 0 Å². The molecule has 0 N–H and O–H groups in total. The Kier molecular flexibility index (Phi) is 4.96. The van der Waals surface area contributed by atoms with Crippen molar-refractivity contribution in [2.75, 3.05) is 0 Å². The van der Waals surface area contributed by atoms with Gasteiger partial charge in [-0.05, 0) is 53.6 Å². The molecular formula is C27H21F. The Hall–Kier alpha value is -3.37. The second-order valence-corrected chi connectivity index (χ2v) is 7.03. The first-order valence-electron chi connectivity index (χ1n) is 9.54. The highest BCUT2D eigenvalue weighted by atomic mass is 19.1. The van der Waals surface area contributed by atoms with Gasteiger partial charge in [0.05, 0.1) is 5.56 Å². The lowest BCUT2D eigenvalue weighted by Crippen LogP contribution is -1.87. The van der Waals surface area contributed by atoms with Gasteiger partial charge in [-0.25, -0.2) is 4.39 Å². The second kappa shape index (κ2) is 7.71. The van der Waals surface area contributed by atoms with Gasteiger partial charge in [-0.3, -0.25) is 0 Å². The predicted octanol–water partition coefficient (Wildman–Crippen LogP) is 6.92. The lowest BCUT2D eigenvalue weighted by Gasteiger charge is -2.04. The Morgan fingerprint density at radius 3 is 2.11 bits per heavy atom. The van der Waals surface area contributed by atoms with Crippen LogP contribution in [-0.2, 0) is 6.42 Å². The summed E-state index contributed by atoms with van der Waals surface area (Å²) in [4.78, 5) is 0. The van der Waals surface area contributed by atoms with Gasteiger partial charge in [-0.15, -0.1) is 0 Å². The summed E-state index contributed by atoms with van der Waals surface area (Å²) >= 11 is 0. The number of hydrogen-bond acceptors (Lipinski definition) is 0. The van der Waals surface area contributed by atoms with Crippen molar-refractivity contribution in [2.45, 2.75) is 20.3 Å². The molecule has 0 aliphatic rings. The second-order valence-electron chi connectivity index (χ2n) is 7.03. The minimum absolute atomic E-state index is 0.252. The van der Waals surface area contributed by atoms with E-state index in [1.165, 1.54) is 11.1 Å². The lowest BCUT2D eigenvalue weighted by molar-refractivity contribution is 0.636. The summed E-state index contributed by atoms with van der Waals surface area (Å²) in [6.45, 7) is 4.16. The van der Waals surface area contributed by atoms with Crippen LogP contribution in [0.3, 0.4) is 0 Å². The predicted molar refractivity (Wildman–Crippen MR) is 116 cm³/mol. The minimum atomic E-state index is -0.252. The van der Waals surface area contributed by atoms with Gasteiger partial charge in [0.1, 0.15) is 5.82 Å². The molecule has 0 aromatic heterocycles. The molecular weight excluding hydrogens is 343 g/mol. The molecule has 0 radical (unpaired) electrons. The Morgan fingerprint density at radius 2 is 1.43 bits per heavy atom. The van der Waals surface area contributed by atoms with E-state index >= 15 is 0 Å². The van der Waals surface area contributed by atoms with E-state index in [9.17, 15) is 4.39 Å². The zero-order chi connectivity index (χ0) is 19.5. The molecule has 0 amide bonds. The van der Waals surface area contributed by atoms with E-state index in [4.69, 9.17) is 0 Å². The maximum absolute atomic E-state index is 14.7. The fraction of sp³-hybridized carbons (Fsp3) is 0.111. The molecule has 0 fully saturated rings. The van der Waals surface area contributed by atoms with E-state index in [2.05, 4.69) is 55.2 Å². The van der Waals surface area contributed by atoms with Gasteiger partial charge in [0.25, 0.3) is 0 Å². The SMILES string of the molecule is CCc1ccc(-c2ccc(C#Cc3ccc4cc(C)ccc4c3F)cc2)cc1. The van der Waals surface area contributed by atoms with Gasteiger partial charge in [-0.2, -0.15) is 0 Å². The summed E-state index contributed by atoms with van der Waals surface area (Å²) in [7, 11) is 0. The molecule has 28 heavy (non-hydrogen) atoms. The standard InChI is InChI=1S/C27H21F/c1-3-20-5-10-22(11-6-20)23-12-7-21(8-13-23)9-14-24-15-16-25-18-19(2)4-17-26(25)27(24)28/h4-8,10-13,15-18H,3H2,1-2H3. The minimum Gasteiger partial charge on any atom is -0.205 e. The van der Waals surface area contributed by atoms with Gasteiger partial charge in [0.2, 0.25) is 0 Å². The normalized spacial score (nSPS) is 10.5. The number of benzene rings is 4. The van der Waals surface area contributed by atoms with Crippen molar-refractivity contribution in [1.29, 1.82) is 0 Å². The summed E-state index contributed by atoms with van der Waals surface area (Å²) in [5.74, 6) is 5.82. The smallest absolute Gasteiger partial charge is 0.146 e. The zero-order valence-corrected chi connectivity index (χ0v) is 16.1. The van der Waals surface area contributed by atoms with Crippen molar-refractivity contribution in [3.8, 4) is 23.0 Å². The van der Waals surface area contributed by atoms with Crippen LogP contribution in [0.4, 0.5) is 4.39 Å². The molecule has 4 aromatic carbocycles. The van der Waals surface area contributed by atoms with Crippen molar-refractivity contribution in [3.63, 3.8) is 0 Å². The van der Waals surface area contributed by atoms with Crippen molar-refractivity contribution in [2.24, 2.45) is 0 Å². The molecule has 1 heteroatoms. The Labute approximate surface area is 165 Å². The topological polar surface area (TPSA) is 0 Å². The fourth-order valence-corrected chi connectivity index (χ4v) is 3.33. The molecule has 0 atom stereocenters. The third-order valence-electron chi connectivity index (χ3n) is 5.03. The van der Waals surface area contributed by atoms with Gasteiger partial charge in [-0.1, -0.05) is 85.0 Å². The number of hydrogen-bond donors (Lipinski definition) is 0. The average molecular weight is 364 g/mol. The molecule has 0 spiro atoms.